The Morgan fingerprint density at radius 2 is 1.42 bits per heavy atom. The van der Waals surface area contributed by atoms with Crippen LogP contribution in [0.5, 0.6) is 11.5 Å². The molecular formula is C23H31NO7. The van der Waals surface area contributed by atoms with Crippen LogP contribution in [0.1, 0.15) is 51.4 Å². The minimum absolute atomic E-state index is 0.224. The highest BCUT2D eigenvalue weighted by Gasteiger charge is 2.31. The number of ether oxygens (including phenoxy) is 3. The van der Waals surface area contributed by atoms with Gasteiger partial charge in [0.05, 0.1) is 25.0 Å². The summed E-state index contributed by atoms with van der Waals surface area (Å²) in [6.45, 7) is 4.34. The summed E-state index contributed by atoms with van der Waals surface area (Å²) >= 11 is 0. The third kappa shape index (κ3) is 8.80. The Kier molecular flexibility index (Phi) is 10.6. The molecular weight excluding hydrogens is 402 g/mol. The zero-order valence-electron chi connectivity index (χ0n) is 17.8. The molecule has 170 valence electrons. The molecule has 1 fully saturated rings. The summed E-state index contributed by atoms with van der Waals surface area (Å²) in [6, 6.07) is 6.95. The molecule has 0 radical (unpaired) electrons. The average molecular weight is 434 g/mol. The van der Waals surface area contributed by atoms with E-state index >= 15 is 0 Å². The Morgan fingerprint density at radius 1 is 0.871 bits per heavy atom. The van der Waals surface area contributed by atoms with Crippen molar-refractivity contribution in [3.8, 4) is 11.5 Å². The molecule has 0 heterocycles. The number of nitrogens with two attached hydrogens (primary N) is 1. The smallest absolute Gasteiger partial charge is 0.330 e. The average Bonchev–Trinajstić information content (AvgIpc) is 2.81. The van der Waals surface area contributed by atoms with E-state index in [0.717, 1.165) is 31.8 Å². The zero-order valence-corrected chi connectivity index (χ0v) is 17.8. The second-order valence-corrected chi connectivity index (χ2v) is 7.51. The zero-order chi connectivity index (χ0) is 22.5. The third-order valence-corrected chi connectivity index (χ3v) is 5.27. The van der Waals surface area contributed by atoms with Crippen LogP contribution in [0.3, 0.4) is 0 Å². The molecule has 2 rings (SSSR count). The number of carbonyl (C=O) groups is 3. The van der Waals surface area contributed by atoms with E-state index in [9.17, 15) is 14.4 Å². The maximum Gasteiger partial charge on any atom is 0.330 e. The number of carbonyl (C=O) groups excluding carboxylic acids is 3. The molecule has 2 N–H and O–H groups in total. The van der Waals surface area contributed by atoms with Crippen LogP contribution in [0.15, 0.2) is 36.9 Å². The maximum absolute atomic E-state index is 12.3. The topological polar surface area (TPSA) is 114 Å². The van der Waals surface area contributed by atoms with Crippen molar-refractivity contribution in [1.82, 2.24) is 0 Å². The van der Waals surface area contributed by atoms with Crippen molar-refractivity contribution in [3.63, 3.8) is 0 Å². The van der Waals surface area contributed by atoms with Crippen molar-refractivity contribution < 1.29 is 33.4 Å². The summed E-state index contributed by atoms with van der Waals surface area (Å²) < 4.78 is 16.1. The molecule has 0 unspecified atom stereocenters. The standard InChI is InChI=1S/C23H31NO7/c1-2-21(25)29-16-6-4-3-5-15-28-19-11-13-20(14-12-19)30-22(26)17-7-9-18(10-8-17)23(27)31-24/h2,11-14,17-18H,1,3-10,15-16,24H2. The van der Waals surface area contributed by atoms with Crippen LogP contribution in [0.4, 0.5) is 0 Å². The number of benzene rings is 1. The van der Waals surface area contributed by atoms with Crippen LogP contribution in [0, 0.1) is 11.8 Å². The van der Waals surface area contributed by atoms with Crippen LogP contribution in [-0.4, -0.2) is 31.1 Å². The van der Waals surface area contributed by atoms with E-state index in [1.807, 2.05) is 0 Å². The number of rotatable bonds is 12. The van der Waals surface area contributed by atoms with E-state index in [4.69, 9.17) is 20.1 Å². The molecule has 1 aliphatic carbocycles. The fourth-order valence-corrected chi connectivity index (χ4v) is 3.44. The van der Waals surface area contributed by atoms with E-state index in [1.54, 1.807) is 24.3 Å². The molecule has 0 aromatic heterocycles. The van der Waals surface area contributed by atoms with E-state index < -0.39 is 5.97 Å². The van der Waals surface area contributed by atoms with Crippen molar-refractivity contribution >= 4 is 17.9 Å². The predicted molar refractivity (Wildman–Crippen MR) is 113 cm³/mol. The Bertz CT molecular complexity index is 724. The maximum atomic E-state index is 12.3. The first-order valence-electron chi connectivity index (χ1n) is 10.7. The highest BCUT2D eigenvalue weighted by atomic mass is 16.7. The number of hydrogen-bond donors (Lipinski definition) is 1. The van der Waals surface area contributed by atoms with Gasteiger partial charge in [-0.2, -0.15) is 5.90 Å². The summed E-state index contributed by atoms with van der Waals surface area (Å²) in [5.74, 6) is 4.54. The molecule has 0 aliphatic heterocycles. The fraction of sp³-hybridized carbons (Fsp3) is 0.522. The Hall–Kier alpha value is -2.87. The van der Waals surface area contributed by atoms with Crippen molar-refractivity contribution in [1.29, 1.82) is 0 Å². The summed E-state index contributed by atoms with van der Waals surface area (Å²) in [6.07, 6.45) is 7.11. The predicted octanol–water partition coefficient (Wildman–Crippen LogP) is 3.48. The lowest BCUT2D eigenvalue weighted by molar-refractivity contribution is -0.152. The van der Waals surface area contributed by atoms with Gasteiger partial charge in [0.1, 0.15) is 11.5 Å². The van der Waals surface area contributed by atoms with Gasteiger partial charge < -0.3 is 19.0 Å². The summed E-state index contributed by atoms with van der Waals surface area (Å²) in [7, 11) is 0. The molecule has 0 spiro atoms. The van der Waals surface area contributed by atoms with Gasteiger partial charge in [-0.1, -0.05) is 6.58 Å². The quantitative estimate of drug-likeness (QED) is 0.175. The molecule has 0 amide bonds. The van der Waals surface area contributed by atoms with Crippen LogP contribution in [-0.2, 0) is 24.0 Å². The summed E-state index contributed by atoms with van der Waals surface area (Å²) in [4.78, 5) is 39.0. The molecule has 1 aromatic rings. The van der Waals surface area contributed by atoms with Gasteiger partial charge in [0, 0.05) is 6.08 Å². The number of esters is 2. The summed E-state index contributed by atoms with van der Waals surface area (Å²) in [5, 5.41) is 0. The first kappa shape index (κ1) is 24.4. The van der Waals surface area contributed by atoms with Crippen LogP contribution in [0.2, 0.25) is 0 Å². The van der Waals surface area contributed by atoms with Gasteiger partial charge in [-0.15, -0.1) is 0 Å². The Morgan fingerprint density at radius 3 is 2.00 bits per heavy atom. The SMILES string of the molecule is C=CC(=O)OCCCCCCOc1ccc(OC(=O)C2CCC(C(=O)ON)CC2)cc1. The van der Waals surface area contributed by atoms with Crippen molar-refractivity contribution in [2.75, 3.05) is 13.2 Å². The highest BCUT2D eigenvalue weighted by molar-refractivity contribution is 5.81. The van der Waals surface area contributed by atoms with Gasteiger partial charge >= 0.3 is 17.9 Å². The minimum atomic E-state index is -0.420. The van der Waals surface area contributed by atoms with E-state index in [-0.39, 0.29) is 23.8 Å². The molecule has 31 heavy (non-hydrogen) atoms. The fourth-order valence-electron chi connectivity index (χ4n) is 3.44. The van der Waals surface area contributed by atoms with Crippen LogP contribution < -0.4 is 15.4 Å². The number of unbranched alkanes of at least 4 members (excludes halogenated alkanes) is 3. The molecule has 1 saturated carbocycles. The van der Waals surface area contributed by atoms with Gasteiger partial charge in [-0.25, -0.2) is 4.79 Å². The second kappa shape index (κ2) is 13.4. The van der Waals surface area contributed by atoms with Gasteiger partial charge in [-0.3, -0.25) is 9.59 Å². The van der Waals surface area contributed by atoms with E-state index in [2.05, 4.69) is 11.4 Å². The molecule has 8 heteroatoms. The van der Waals surface area contributed by atoms with Gasteiger partial charge in [0.2, 0.25) is 0 Å². The highest BCUT2D eigenvalue weighted by Crippen LogP contribution is 2.31. The van der Waals surface area contributed by atoms with E-state index in [1.165, 1.54) is 0 Å². The van der Waals surface area contributed by atoms with Crippen molar-refractivity contribution in [2.24, 2.45) is 17.7 Å². The molecule has 1 aliphatic rings. The largest absolute Gasteiger partial charge is 0.494 e. The van der Waals surface area contributed by atoms with E-state index in [0.29, 0.717) is 50.4 Å². The van der Waals surface area contributed by atoms with Crippen molar-refractivity contribution in [3.05, 3.63) is 36.9 Å². The van der Waals surface area contributed by atoms with Gasteiger partial charge in [0.15, 0.2) is 0 Å². The lowest BCUT2D eigenvalue weighted by Crippen LogP contribution is -2.30. The molecule has 8 nitrogen and oxygen atoms in total. The lowest BCUT2D eigenvalue weighted by atomic mass is 9.82. The lowest BCUT2D eigenvalue weighted by Gasteiger charge is -2.25. The third-order valence-electron chi connectivity index (χ3n) is 5.27. The first-order valence-corrected chi connectivity index (χ1v) is 10.7. The Balaban J connectivity index is 1.60. The minimum Gasteiger partial charge on any atom is -0.494 e. The van der Waals surface area contributed by atoms with Crippen LogP contribution in [0.25, 0.3) is 0 Å². The molecule has 0 saturated heterocycles. The Labute approximate surface area is 182 Å². The summed E-state index contributed by atoms with van der Waals surface area (Å²) in [5.41, 5.74) is 0. The normalized spacial score (nSPS) is 18.0. The number of hydrogen-bond acceptors (Lipinski definition) is 8. The first-order chi connectivity index (χ1) is 15.0. The molecule has 0 atom stereocenters. The molecule has 1 aromatic carbocycles. The second-order valence-electron chi connectivity index (χ2n) is 7.51. The van der Waals surface area contributed by atoms with Crippen molar-refractivity contribution in [2.45, 2.75) is 51.4 Å². The molecule has 0 bridgehead atoms. The van der Waals surface area contributed by atoms with Crippen LogP contribution >= 0.6 is 0 Å². The van der Waals surface area contributed by atoms with Gasteiger partial charge in [0.25, 0.3) is 0 Å². The van der Waals surface area contributed by atoms with Gasteiger partial charge in [-0.05, 0) is 75.6 Å². The monoisotopic (exact) mass is 433 g/mol.